The lowest BCUT2D eigenvalue weighted by molar-refractivity contribution is -0.136. The van der Waals surface area contributed by atoms with E-state index in [9.17, 15) is 9.59 Å². The first kappa shape index (κ1) is 18.5. The summed E-state index contributed by atoms with van der Waals surface area (Å²) in [6, 6.07) is 20.9. The van der Waals surface area contributed by atoms with Crippen LogP contribution in [0.4, 0.5) is 0 Å². The lowest BCUT2D eigenvalue weighted by atomic mass is 10.1. The molecule has 0 fully saturated rings. The smallest absolute Gasteiger partial charge is 0.303 e. The van der Waals surface area contributed by atoms with Crippen LogP contribution in [-0.2, 0) is 17.6 Å². The zero-order valence-electron chi connectivity index (χ0n) is 15.2. The Hall–Kier alpha value is -3.34. The highest BCUT2D eigenvalue weighted by Gasteiger charge is 2.14. The van der Waals surface area contributed by atoms with E-state index >= 15 is 0 Å². The lowest BCUT2D eigenvalue weighted by Gasteiger charge is -2.15. The number of benzene rings is 2. The molecule has 0 saturated heterocycles. The molecule has 1 aromatic heterocycles. The molecular formula is C22H22N2O3. The van der Waals surface area contributed by atoms with E-state index in [4.69, 9.17) is 5.11 Å². The number of carboxylic acid groups (broad SMARTS) is 1. The maximum absolute atomic E-state index is 12.6. The van der Waals surface area contributed by atoms with Crippen LogP contribution in [0.25, 0.3) is 11.3 Å². The Kier molecular flexibility index (Phi) is 5.71. The quantitative estimate of drug-likeness (QED) is 0.664. The van der Waals surface area contributed by atoms with Crippen molar-refractivity contribution in [2.45, 2.75) is 26.2 Å². The van der Waals surface area contributed by atoms with Crippen LogP contribution in [0.5, 0.6) is 0 Å². The van der Waals surface area contributed by atoms with Gasteiger partial charge in [-0.1, -0.05) is 49.4 Å². The van der Waals surface area contributed by atoms with Crippen molar-refractivity contribution < 1.29 is 14.7 Å². The van der Waals surface area contributed by atoms with Gasteiger partial charge in [-0.05, 0) is 36.2 Å². The second-order valence-electron chi connectivity index (χ2n) is 6.30. The van der Waals surface area contributed by atoms with Gasteiger partial charge >= 0.3 is 5.97 Å². The van der Waals surface area contributed by atoms with Crippen LogP contribution >= 0.6 is 0 Å². The van der Waals surface area contributed by atoms with Crippen molar-refractivity contribution in [1.82, 2.24) is 4.68 Å². The fourth-order valence-corrected chi connectivity index (χ4v) is 2.93. The van der Waals surface area contributed by atoms with Crippen molar-refractivity contribution in [2.75, 3.05) is 5.43 Å². The predicted molar refractivity (Wildman–Crippen MR) is 105 cm³/mol. The number of aromatic nitrogens is 1. The summed E-state index contributed by atoms with van der Waals surface area (Å²) in [6.07, 6.45) is 1.28. The average Bonchev–Trinajstić information content (AvgIpc) is 3.09. The van der Waals surface area contributed by atoms with Gasteiger partial charge in [0.25, 0.3) is 5.91 Å². The van der Waals surface area contributed by atoms with E-state index in [1.165, 1.54) is 5.56 Å². The molecule has 0 saturated carbocycles. The summed E-state index contributed by atoms with van der Waals surface area (Å²) in [5.74, 6) is -1.11. The lowest BCUT2D eigenvalue weighted by Crippen LogP contribution is -2.25. The number of nitrogens with one attached hydrogen (secondary N) is 1. The van der Waals surface area contributed by atoms with Crippen LogP contribution in [0.1, 0.15) is 35.0 Å². The SMILES string of the molecule is CCc1ccc(-c2ccc(CCC(=O)O)n2NC(=O)c2ccccc2)cc1. The number of carbonyl (C=O) groups is 2. The first-order chi connectivity index (χ1) is 13.1. The maximum Gasteiger partial charge on any atom is 0.303 e. The molecule has 0 aliphatic heterocycles. The van der Waals surface area contributed by atoms with Gasteiger partial charge in [0, 0.05) is 23.2 Å². The van der Waals surface area contributed by atoms with Gasteiger partial charge in [0.2, 0.25) is 0 Å². The molecule has 3 rings (SSSR count). The normalized spacial score (nSPS) is 10.6. The third-order valence-corrected chi connectivity index (χ3v) is 4.46. The molecule has 3 aromatic rings. The second kappa shape index (κ2) is 8.36. The summed E-state index contributed by atoms with van der Waals surface area (Å²) in [5, 5.41) is 9.01. The second-order valence-corrected chi connectivity index (χ2v) is 6.30. The van der Waals surface area contributed by atoms with Crippen LogP contribution in [0.15, 0.2) is 66.7 Å². The highest BCUT2D eigenvalue weighted by Crippen LogP contribution is 2.23. The molecule has 0 aliphatic rings. The minimum Gasteiger partial charge on any atom is -0.481 e. The number of aryl methyl sites for hydroxylation is 2. The standard InChI is InChI=1S/C22H22N2O3/c1-2-16-8-10-17(11-9-16)20-14-12-19(13-15-21(25)26)24(20)23-22(27)18-6-4-3-5-7-18/h3-12,14H,2,13,15H2,1H3,(H,23,27)(H,25,26). The minimum atomic E-state index is -0.869. The Morgan fingerprint density at radius 1 is 0.963 bits per heavy atom. The molecule has 138 valence electrons. The first-order valence-electron chi connectivity index (χ1n) is 8.96. The zero-order valence-corrected chi connectivity index (χ0v) is 15.2. The number of hydrogen-bond donors (Lipinski definition) is 2. The Bertz CT molecular complexity index is 928. The predicted octanol–water partition coefficient (Wildman–Crippen LogP) is 4.12. The van der Waals surface area contributed by atoms with Gasteiger partial charge in [0.15, 0.2) is 0 Å². The Labute approximate surface area is 158 Å². The molecule has 0 atom stereocenters. The third-order valence-electron chi connectivity index (χ3n) is 4.46. The molecule has 2 aromatic carbocycles. The van der Waals surface area contributed by atoms with Crippen LogP contribution in [0.3, 0.4) is 0 Å². The Morgan fingerprint density at radius 3 is 2.30 bits per heavy atom. The number of rotatable bonds is 7. The molecular weight excluding hydrogens is 340 g/mol. The molecule has 0 unspecified atom stereocenters. The van der Waals surface area contributed by atoms with Crippen molar-refractivity contribution in [3.8, 4) is 11.3 Å². The van der Waals surface area contributed by atoms with E-state index in [2.05, 4.69) is 24.5 Å². The third kappa shape index (κ3) is 4.44. The summed E-state index contributed by atoms with van der Waals surface area (Å²) >= 11 is 0. The van der Waals surface area contributed by atoms with Gasteiger partial charge in [-0.2, -0.15) is 0 Å². The van der Waals surface area contributed by atoms with Crippen molar-refractivity contribution in [1.29, 1.82) is 0 Å². The molecule has 1 heterocycles. The van der Waals surface area contributed by atoms with Gasteiger partial charge < -0.3 is 5.11 Å². The molecule has 0 bridgehead atoms. The van der Waals surface area contributed by atoms with Crippen molar-refractivity contribution in [3.63, 3.8) is 0 Å². The topological polar surface area (TPSA) is 71.3 Å². The van der Waals surface area contributed by atoms with Gasteiger partial charge in [0.1, 0.15) is 0 Å². The van der Waals surface area contributed by atoms with Gasteiger partial charge in [0.05, 0.1) is 12.1 Å². The van der Waals surface area contributed by atoms with Gasteiger partial charge in [-0.25, -0.2) is 0 Å². The fraction of sp³-hybridized carbons (Fsp3) is 0.182. The van der Waals surface area contributed by atoms with Crippen molar-refractivity contribution in [2.24, 2.45) is 0 Å². The van der Waals surface area contributed by atoms with Gasteiger partial charge in [-0.15, -0.1) is 0 Å². The van der Waals surface area contributed by atoms with E-state index < -0.39 is 5.97 Å². The Morgan fingerprint density at radius 2 is 1.67 bits per heavy atom. The fourth-order valence-electron chi connectivity index (χ4n) is 2.93. The first-order valence-corrected chi connectivity index (χ1v) is 8.96. The van der Waals surface area contributed by atoms with E-state index in [-0.39, 0.29) is 12.3 Å². The average molecular weight is 362 g/mol. The zero-order chi connectivity index (χ0) is 19.2. The van der Waals surface area contributed by atoms with E-state index in [1.807, 2.05) is 30.3 Å². The number of hydrogen-bond acceptors (Lipinski definition) is 2. The summed E-state index contributed by atoms with van der Waals surface area (Å²) < 4.78 is 1.69. The molecule has 0 radical (unpaired) electrons. The molecule has 27 heavy (non-hydrogen) atoms. The number of aliphatic carboxylic acids is 1. The summed E-state index contributed by atoms with van der Waals surface area (Å²) in [4.78, 5) is 23.6. The number of nitrogens with zero attached hydrogens (tertiary/aromatic N) is 1. The monoisotopic (exact) mass is 362 g/mol. The Balaban J connectivity index is 1.95. The highest BCUT2D eigenvalue weighted by atomic mass is 16.4. The van der Waals surface area contributed by atoms with Crippen LogP contribution in [-0.4, -0.2) is 21.7 Å². The van der Waals surface area contributed by atoms with E-state index in [0.29, 0.717) is 12.0 Å². The van der Waals surface area contributed by atoms with Crippen LogP contribution < -0.4 is 5.43 Å². The largest absolute Gasteiger partial charge is 0.481 e. The van der Waals surface area contributed by atoms with E-state index in [0.717, 1.165) is 23.4 Å². The molecule has 0 aliphatic carbocycles. The summed E-state index contributed by atoms with van der Waals surface area (Å²) in [5.41, 5.74) is 7.22. The van der Waals surface area contributed by atoms with Crippen LogP contribution in [0, 0.1) is 0 Å². The summed E-state index contributed by atoms with van der Waals surface area (Å²) in [6.45, 7) is 2.10. The van der Waals surface area contributed by atoms with Crippen molar-refractivity contribution >= 4 is 11.9 Å². The molecule has 5 heteroatoms. The molecule has 1 amide bonds. The molecule has 2 N–H and O–H groups in total. The number of carboxylic acids is 1. The number of carbonyl (C=O) groups excluding carboxylic acids is 1. The summed E-state index contributed by atoms with van der Waals surface area (Å²) in [7, 11) is 0. The van der Waals surface area contributed by atoms with E-state index in [1.54, 1.807) is 28.9 Å². The molecule has 5 nitrogen and oxygen atoms in total. The van der Waals surface area contributed by atoms with Crippen LogP contribution in [0.2, 0.25) is 0 Å². The maximum atomic E-state index is 12.6. The highest BCUT2D eigenvalue weighted by molar-refractivity contribution is 6.00. The molecule has 0 spiro atoms. The van der Waals surface area contributed by atoms with Crippen molar-refractivity contribution in [3.05, 3.63) is 83.6 Å². The minimum absolute atomic E-state index is 0.000562. The van der Waals surface area contributed by atoms with Gasteiger partial charge in [-0.3, -0.25) is 19.7 Å². The number of amides is 1.